The van der Waals surface area contributed by atoms with Crippen LogP contribution in [0.1, 0.15) is 38.9 Å². The van der Waals surface area contributed by atoms with Crippen LogP contribution in [-0.2, 0) is 12.6 Å². The van der Waals surface area contributed by atoms with E-state index in [1.807, 2.05) is 7.05 Å². The third-order valence-electron chi connectivity index (χ3n) is 4.08. The molecule has 1 aromatic heterocycles. The lowest BCUT2D eigenvalue weighted by Gasteiger charge is -2.38. The molecule has 0 radical (unpaired) electrons. The van der Waals surface area contributed by atoms with Gasteiger partial charge >= 0.3 is 0 Å². The number of rotatable bonds is 4. The highest BCUT2D eigenvalue weighted by atomic mass is 16.3. The zero-order valence-electron chi connectivity index (χ0n) is 11.6. The van der Waals surface area contributed by atoms with Gasteiger partial charge in [0.15, 0.2) is 5.82 Å². The number of aromatic nitrogens is 3. The van der Waals surface area contributed by atoms with Crippen LogP contribution < -0.4 is 0 Å². The lowest BCUT2D eigenvalue weighted by atomic mass is 9.90. The van der Waals surface area contributed by atoms with Crippen LogP contribution in [0.3, 0.4) is 0 Å². The van der Waals surface area contributed by atoms with Crippen molar-refractivity contribution < 1.29 is 5.11 Å². The molecule has 1 unspecified atom stereocenters. The Morgan fingerprint density at radius 2 is 2.11 bits per heavy atom. The first-order valence-corrected chi connectivity index (χ1v) is 6.84. The van der Waals surface area contributed by atoms with E-state index in [9.17, 15) is 5.11 Å². The topological polar surface area (TPSA) is 54.2 Å². The summed E-state index contributed by atoms with van der Waals surface area (Å²) in [5.74, 6) is 1.43. The van der Waals surface area contributed by atoms with Crippen LogP contribution in [0.25, 0.3) is 0 Å². The summed E-state index contributed by atoms with van der Waals surface area (Å²) in [6.07, 6.45) is 4.22. The number of piperidine rings is 1. The van der Waals surface area contributed by atoms with E-state index in [0.29, 0.717) is 5.82 Å². The molecule has 2 rings (SSSR count). The highest BCUT2D eigenvalue weighted by Gasteiger charge is 2.37. The van der Waals surface area contributed by atoms with Gasteiger partial charge in [0.1, 0.15) is 11.9 Å². The first kappa shape index (κ1) is 13.5. The summed E-state index contributed by atoms with van der Waals surface area (Å²) in [5.41, 5.74) is -0.794. The average molecular weight is 252 g/mol. The van der Waals surface area contributed by atoms with Crippen LogP contribution in [0.5, 0.6) is 0 Å². The molecule has 102 valence electrons. The maximum atomic E-state index is 10.7. The van der Waals surface area contributed by atoms with Crippen LogP contribution in [0, 0.1) is 5.92 Å². The van der Waals surface area contributed by atoms with E-state index < -0.39 is 5.60 Å². The molecule has 1 N–H and O–H groups in total. The minimum absolute atomic E-state index is 0.700. The molecule has 2 heterocycles. The minimum Gasteiger partial charge on any atom is -0.382 e. The summed E-state index contributed by atoms with van der Waals surface area (Å²) >= 11 is 0. The van der Waals surface area contributed by atoms with E-state index in [2.05, 4.69) is 28.8 Å². The Bertz CT molecular complexity index is 382. The van der Waals surface area contributed by atoms with Gasteiger partial charge in [-0.1, -0.05) is 20.3 Å². The van der Waals surface area contributed by atoms with Crippen molar-refractivity contribution in [2.75, 3.05) is 19.6 Å². The van der Waals surface area contributed by atoms with Gasteiger partial charge in [-0.05, 0) is 18.8 Å². The first-order valence-electron chi connectivity index (χ1n) is 6.84. The van der Waals surface area contributed by atoms with Crippen molar-refractivity contribution in [3.63, 3.8) is 0 Å². The second kappa shape index (κ2) is 5.36. The van der Waals surface area contributed by atoms with E-state index >= 15 is 0 Å². The fourth-order valence-corrected chi connectivity index (χ4v) is 2.62. The van der Waals surface area contributed by atoms with Gasteiger partial charge in [0.05, 0.1) is 0 Å². The molecule has 0 aromatic carbocycles. The molecule has 1 fully saturated rings. The third-order valence-corrected chi connectivity index (χ3v) is 4.08. The molecule has 1 atom stereocenters. The molecule has 5 nitrogen and oxygen atoms in total. The third kappa shape index (κ3) is 2.72. The Hall–Kier alpha value is -0.940. The molecule has 0 amide bonds. The number of nitrogens with zero attached hydrogens (tertiary/aromatic N) is 4. The molecule has 0 aliphatic carbocycles. The molecule has 1 aromatic rings. The smallest absolute Gasteiger partial charge is 0.158 e. The minimum atomic E-state index is -0.794. The van der Waals surface area contributed by atoms with Crippen LogP contribution >= 0.6 is 0 Å². The Morgan fingerprint density at radius 3 is 2.61 bits per heavy atom. The fraction of sp³-hybridized carbons (Fsp3) is 0.846. The predicted molar refractivity (Wildman–Crippen MR) is 70.0 cm³/mol. The second-order valence-electron chi connectivity index (χ2n) is 5.55. The van der Waals surface area contributed by atoms with E-state index in [1.165, 1.54) is 12.7 Å². The molecule has 0 spiro atoms. The molecule has 5 heteroatoms. The summed E-state index contributed by atoms with van der Waals surface area (Å²) in [5, 5.41) is 14.7. The van der Waals surface area contributed by atoms with Crippen molar-refractivity contribution >= 4 is 0 Å². The monoisotopic (exact) mass is 252 g/mol. The SMILES string of the molecule is CCC(C)CN1CCC(O)(c2ncnn2C)CC1. The van der Waals surface area contributed by atoms with Crippen molar-refractivity contribution in [1.82, 2.24) is 19.7 Å². The molecule has 1 aliphatic heterocycles. The zero-order valence-corrected chi connectivity index (χ0v) is 11.6. The van der Waals surface area contributed by atoms with Crippen molar-refractivity contribution in [2.24, 2.45) is 13.0 Å². The molecule has 18 heavy (non-hydrogen) atoms. The Morgan fingerprint density at radius 1 is 1.44 bits per heavy atom. The van der Waals surface area contributed by atoms with Crippen LogP contribution in [0.2, 0.25) is 0 Å². The van der Waals surface area contributed by atoms with Crippen molar-refractivity contribution in [1.29, 1.82) is 0 Å². The maximum Gasteiger partial charge on any atom is 0.158 e. The normalized spacial score (nSPS) is 22.0. The van der Waals surface area contributed by atoms with Gasteiger partial charge in [0, 0.05) is 26.7 Å². The number of aliphatic hydroxyl groups is 1. The molecule has 1 saturated heterocycles. The molecule has 1 aliphatic rings. The highest BCUT2D eigenvalue weighted by Crippen LogP contribution is 2.31. The zero-order chi connectivity index (χ0) is 13.2. The largest absolute Gasteiger partial charge is 0.382 e. The fourth-order valence-electron chi connectivity index (χ4n) is 2.62. The Balaban J connectivity index is 1.95. The second-order valence-corrected chi connectivity index (χ2v) is 5.55. The summed E-state index contributed by atoms with van der Waals surface area (Å²) < 4.78 is 1.68. The van der Waals surface area contributed by atoms with Gasteiger partial charge < -0.3 is 10.0 Å². The summed E-state index contributed by atoms with van der Waals surface area (Å²) in [7, 11) is 1.84. The average Bonchev–Trinajstić information content (AvgIpc) is 2.79. The predicted octanol–water partition coefficient (Wildman–Crippen LogP) is 1.14. The number of hydrogen-bond acceptors (Lipinski definition) is 4. The van der Waals surface area contributed by atoms with Gasteiger partial charge in [-0.3, -0.25) is 4.68 Å². The summed E-state index contributed by atoms with van der Waals surface area (Å²) in [4.78, 5) is 6.64. The lowest BCUT2D eigenvalue weighted by molar-refractivity contribution is -0.0378. The first-order chi connectivity index (χ1) is 8.55. The highest BCUT2D eigenvalue weighted by molar-refractivity contribution is 5.03. The maximum absolute atomic E-state index is 10.7. The van der Waals surface area contributed by atoms with Gasteiger partial charge in [-0.15, -0.1) is 0 Å². The van der Waals surface area contributed by atoms with Crippen LogP contribution in [0.15, 0.2) is 6.33 Å². The van der Waals surface area contributed by atoms with Crippen LogP contribution in [0.4, 0.5) is 0 Å². The van der Waals surface area contributed by atoms with E-state index in [1.54, 1.807) is 4.68 Å². The van der Waals surface area contributed by atoms with Crippen LogP contribution in [-0.4, -0.2) is 44.4 Å². The van der Waals surface area contributed by atoms with E-state index in [-0.39, 0.29) is 0 Å². The van der Waals surface area contributed by atoms with Gasteiger partial charge in [0.25, 0.3) is 0 Å². The molecular formula is C13H24N4O. The van der Waals surface area contributed by atoms with E-state index in [4.69, 9.17) is 0 Å². The molecule has 0 saturated carbocycles. The van der Waals surface area contributed by atoms with Crippen molar-refractivity contribution in [2.45, 2.75) is 38.7 Å². The number of aryl methyl sites for hydroxylation is 1. The molecular weight excluding hydrogens is 228 g/mol. The Kier molecular flexibility index (Phi) is 4.02. The number of hydrogen-bond donors (Lipinski definition) is 1. The quantitative estimate of drug-likeness (QED) is 0.873. The van der Waals surface area contributed by atoms with Gasteiger partial charge in [-0.25, -0.2) is 4.98 Å². The van der Waals surface area contributed by atoms with Gasteiger partial charge in [0.2, 0.25) is 0 Å². The lowest BCUT2D eigenvalue weighted by Crippen LogP contribution is -2.45. The van der Waals surface area contributed by atoms with Gasteiger partial charge in [-0.2, -0.15) is 5.10 Å². The standard InChI is InChI=1S/C13H24N4O/c1-4-11(2)9-17-7-5-13(18,6-8-17)12-14-10-15-16(12)3/h10-11,18H,4-9H2,1-3H3. The number of likely N-dealkylation sites (tertiary alicyclic amines) is 1. The van der Waals surface area contributed by atoms with Crippen molar-refractivity contribution in [3.05, 3.63) is 12.2 Å². The summed E-state index contributed by atoms with van der Waals surface area (Å²) in [6, 6.07) is 0. The molecule has 0 bridgehead atoms. The Labute approximate surface area is 109 Å². The van der Waals surface area contributed by atoms with Crippen molar-refractivity contribution in [3.8, 4) is 0 Å². The summed E-state index contributed by atoms with van der Waals surface area (Å²) in [6.45, 7) is 7.51. The van der Waals surface area contributed by atoms with E-state index in [0.717, 1.165) is 38.4 Å².